The number of para-hydroxylation sites is 1. The Labute approximate surface area is 93.3 Å². The zero-order chi connectivity index (χ0) is 11.5. The summed E-state index contributed by atoms with van der Waals surface area (Å²) in [5, 5.41) is 7.65. The van der Waals surface area contributed by atoms with Crippen LogP contribution in [0.5, 0.6) is 0 Å². The number of nitrogens with zero attached hydrogens (tertiary/aromatic N) is 2. The monoisotopic (exact) mass is 213 g/mol. The summed E-state index contributed by atoms with van der Waals surface area (Å²) in [6.45, 7) is 0.278. The van der Waals surface area contributed by atoms with E-state index in [-0.39, 0.29) is 12.5 Å². The first-order valence-corrected chi connectivity index (χ1v) is 4.86. The molecule has 0 aliphatic heterocycles. The van der Waals surface area contributed by atoms with Gasteiger partial charge in [-0.2, -0.15) is 5.10 Å². The number of carbonyl (C=O) groups is 1. The molecule has 1 amide bonds. The maximum Gasteiger partial charge on any atom is 0.275 e. The second kappa shape index (κ2) is 4.07. The van der Waals surface area contributed by atoms with Crippen molar-refractivity contribution in [1.29, 1.82) is 0 Å². The molecule has 0 spiro atoms. The Bertz CT molecular complexity index is 565. The fourth-order valence-corrected chi connectivity index (χ4v) is 1.52. The predicted molar refractivity (Wildman–Crippen MR) is 61.9 cm³/mol. The summed E-state index contributed by atoms with van der Waals surface area (Å²) in [7, 11) is 1.66. The molecule has 2 aromatic rings. The van der Waals surface area contributed by atoms with Gasteiger partial charge in [0.2, 0.25) is 0 Å². The largest absolute Gasteiger partial charge is 0.329 e. The van der Waals surface area contributed by atoms with Crippen molar-refractivity contribution in [3.05, 3.63) is 30.0 Å². The van der Waals surface area contributed by atoms with Gasteiger partial charge >= 0.3 is 0 Å². The van der Waals surface area contributed by atoms with Crippen LogP contribution < -0.4 is 0 Å². The number of aromatic amines is 1. The molecule has 0 aliphatic carbocycles. The summed E-state index contributed by atoms with van der Waals surface area (Å²) in [6, 6.07) is 7.49. The van der Waals surface area contributed by atoms with E-state index in [9.17, 15) is 4.79 Å². The number of fused-ring (bicyclic) bond motifs is 1. The highest BCUT2D eigenvalue weighted by molar-refractivity contribution is 6.04. The molecule has 4 nitrogen and oxygen atoms in total. The van der Waals surface area contributed by atoms with E-state index in [2.05, 4.69) is 16.1 Å². The molecule has 0 radical (unpaired) electrons. The van der Waals surface area contributed by atoms with E-state index in [1.165, 1.54) is 4.90 Å². The van der Waals surface area contributed by atoms with E-state index in [1.807, 2.05) is 24.3 Å². The quantitative estimate of drug-likeness (QED) is 0.764. The molecule has 2 rings (SSSR count). The second-order valence-electron chi connectivity index (χ2n) is 3.48. The van der Waals surface area contributed by atoms with Crippen molar-refractivity contribution < 1.29 is 4.79 Å². The standard InChI is InChI=1S/C12H11N3O/c1-3-8-15(2)12(16)11-9-6-4-5-7-10(9)13-14-11/h1,4-7H,8H2,2H3,(H,13,14). The maximum atomic E-state index is 12.0. The highest BCUT2D eigenvalue weighted by atomic mass is 16.2. The lowest BCUT2D eigenvalue weighted by atomic mass is 10.2. The molecule has 80 valence electrons. The van der Waals surface area contributed by atoms with E-state index >= 15 is 0 Å². The summed E-state index contributed by atoms with van der Waals surface area (Å²) in [5.74, 6) is 2.25. The summed E-state index contributed by atoms with van der Waals surface area (Å²) in [4.78, 5) is 13.4. The van der Waals surface area contributed by atoms with Gasteiger partial charge in [-0.3, -0.25) is 9.89 Å². The van der Waals surface area contributed by atoms with Gasteiger partial charge in [0.1, 0.15) is 0 Å². The van der Waals surface area contributed by atoms with E-state index in [4.69, 9.17) is 6.42 Å². The number of aromatic nitrogens is 2. The minimum atomic E-state index is -0.171. The summed E-state index contributed by atoms with van der Waals surface area (Å²) < 4.78 is 0. The van der Waals surface area contributed by atoms with E-state index in [0.717, 1.165) is 10.9 Å². The molecule has 0 saturated heterocycles. The number of nitrogens with one attached hydrogen (secondary N) is 1. The van der Waals surface area contributed by atoms with Gasteiger partial charge in [-0.15, -0.1) is 6.42 Å². The fraction of sp³-hybridized carbons (Fsp3) is 0.167. The summed E-state index contributed by atoms with van der Waals surface area (Å²) in [6.07, 6.45) is 5.16. The van der Waals surface area contributed by atoms with Crippen LogP contribution in [0.25, 0.3) is 10.9 Å². The first-order chi connectivity index (χ1) is 7.74. The van der Waals surface area contributed by atoms with Crippen molar-refractivity contribution >= 4 is 16.8 Å². The third-order valence-corrected chi connectivity index (χ3v) is 2.35. The van der Waals surface area contributed by atoms with E-state index < -0.39 is 0 Å². The molecular formula is C12H11N3O. The molecule has 0 bridgehead atoms. The Hall–Kier alpha value is -2.28. The number of amides is 1. The molecule has 0 fully saturated rings. The summed E-state index contributed by atoms with van der Waals surface area (Å²) >= 11 is 0. The lowest BCUT2D eigenvalue weighted by Gasteiger charge is -2.11. The highest BCUT2D eigenvalue weighted by Crippen LogP contribution is 2.16. The Morgan fingerprint density at radius 1 is 1.56 bits per heavy atom. The lowest BCUT2D eigenvalue weighted by Crippen LogP contribution is -2.27. The third kappa shape index (κ3) is 1.63. The number of H-pyrrole nitrogens is 1. The van der Waals surface area contributed by atoms with Crippen LogP contribution in [-0.4, -0.2) is 34.6 Å². The number of hydrogen-bond donors (Lipinski definition) is 1. The zero-order valence-electron chi connectivity index (χ0n) is 8.90. The van der Waals surface area contributed by atoms with E-state index in [1.54, 1.807) is 7.05 Å². The average molecular weight is 213 g/mol. The molecule has 1 aromatic carbocycles. The molecular weight excluding hydrogens is 202 g/mol. The SMILES string of the molecule is C#CCN(C)C(=O)c1n[nH]c2ccccc12. The first kappa shape index (κ1) is 10.2. The topological polar surface area (TPSA) is 49.0 Å². The van der Waals surface area contributed by atoms with Gasteiger partial charge in [0.05, 0.1) is 12.1 Å². The van der Waals surface area contributed by atoms with Crippen molar-refractivity contribution in [1.82, 2.24) is 15.1 Å². The normalized spacial score (nSPS) is 10.0. The van der Waals surface area contributed by atoms with E-state index in [0.29, 0.717) is 5.69 Å². The maximum absolute atomic E-state index is 12.0. The molecule has 0 saturated carbocycles. The fourth-order valence-electron chi connectivity index (χ4n) is 1.52. The molecule has 0 unspecified atom stereocenters. The van der Waals surface area contributed by atoms with Gasteiger partial charge in [0.25, 0.3) is 5.91 Å². The van der Waals surface area contributed by atoms with Crippen LogP contribution in [0, 0.1) is 12.3 Å². The number of terminal acetylenes is 1. The van der Waals surface area contributed by atoms with Gasteiger partial charge in [0, 0.05) is 12.4 Å². The van der Waals surface area contributed by atoms with Gasteiger partial charge in [-0.25, -0.2) is 0 Å². The van der Waals surface area contributed by atoms with Crippen LogP contribution in [0.3, 0.4) is 0 Å². The Kier molecular flexibility index (Phi) is 2.61. The van der Waals surface area contributed by atoms with Gasteiger partial charge in [0.15, 0.2) is 5.69 Å². The molecule has 0 aliphatic rings. The van der Waals surface area contributed by atoms with Gasteiger partial charge in [-0.05, 0) is 6.07 Å². The number of rotatable bonds is 2. The number of benzene rings is 1. The molecule has 1 N–H and O–H groups in total. The van der Waals surface area contributed by atoms with Crippen molar-refractivity contribution in [3.8, 4) is 12.3 Å². The highest BCUT2D eigenvalue weighted by Gasteiger charge is 2.16. The lowest BCUT2D eigenvalue weighted by molar-refractivity contribution is 0.0808. The van der Waals surface area contributed by atoms with Crippen LogP contribution in [-0.2, 0) is 0 Å². The van der Waals surface area contributed by atoms with Gasteiger partial charge in [-0.1, -0.05) is 24.1 Å². The third-order valence-electron chi connectivity index (χ3n) is 2.35. The van der Waals surface area contributed by atoms with Crippen LogP contribution in [0.15, 0.2) is 24.3 Å². The first-order valence-electron chi connectivity index (χ1n) is 4.86. The Balaban J connectivity index is 2.41. The molecule has 1 heterocycles. The van der Waals surface area contributed by atoms with Gasteiger partial charge < -0.3 is 4.90 Å². The zero-order valence-corrected chi connectivity index (χ0v) is 8.90. The van der Waals surface area contributed by atoms with Crippen LogP contribution in [0.4, 0.5) is 0 Å². The molecule has 0 atom stereocenters. The van der Waals surface area contributed by atoms with Crippen molar-refractivity contribution in [3.63, 3.8) is 0 Å². The predicted octanol–water partition coefficient (Wildman–Crippen LogP) is 1.27. The minimum absolute atomic E-state index is 0.171. The summed E-state index contributed by atoms with van der Waals surface area (Å²) in [5.41, 5.74) is 1.26. The smallest absolute Gasteiger partial charge is 0.275 e. The molecule has 16 heavy (non-hydrogen) atoms. The van der Waals surface area contributed by atoms with Crippen molar-refractivity contribution in [2.24, 2.45) is 0 Å². The molecule has 1 aromatic heterocycles. The van der Waals surface area contributed by atoms with Crippen molar-refractivity contribution in [2.75, 3.05) is 13.6 Å². The second-order valence-corrected chi connectivity index (χ2v) is 3.48. The number of carbonyl (C=O) groups excluding carboxylic acids is 1. The van der Waals surface area contributed by atoms with Crippen molar-refractivity contribution in [2.45, 2.75) is 0 Å². The minimum Gasteiger partial charge on any atom is -0.329 e. The Morgan fingerprint density at radius 3 is 3.06 bits per heavy atom. The Morgan fingerprint density at radius 2 is 2.31 bits per heavy atom. The average Bonchev–Trinajstić information content (AvgIpc) is 2.72. The van der Waals surface area contributed by atoms with Crippen LogP contribution in [0.1, 0.15) is 10.5 Å². The van der Waals surface area contributed by atoms with Crippen LogP contribution >= 0.6 is 0 Å². The van der Waals surface area contributed by atoms with Crippen LogP contribution in [0.2, 0.25) is 0 Å². The number of hydrogen-bond acceptors (Lipinski definition) is 2. The molecule has 4 heteroatoms.